The van der Waals surface area contributed by atoms with Gasteiger partial charge in [-0.2, -0.15) is 5.26 Å². The molecule has 4 rings (SSSR count). The number of aromatic amines is 1. The summed E-state index contributed by atoms with van der Waals surface area (Å²) in [6.07, 6.45) is 4.73. The third-order valence-electron chi connectivity index (χ3n) is 5.82. The molecule has 5 heteroatoms. The minimum atomic E-state index is -0.189. The van der Waals surface area contributed by atoms with Gasteiger partial charge in [-0.1, -0.05) is 30.3 Å². The Hall–Kier alpha value is -2.58. The van der Waals surface area contributed by atoms with Gasteiger partial charge in [0.15, 0.2) is 0 Å². The molecule has 1 atom stereocenters. The molecule has 0 bridgehead atoms. The number of nitrogens with one attached hydrogen (secondary N) is 1. The second-order valence-corrected chi connectivity index (χ2v) is 7.55. The Bertz CT molecular complexity index is 822. The molecule has 26 heavy (non-hydrogen) atoms. The zero-order valence-electron chi connectivity index (χ0n) is 14.9. The highest BCUT2D eigenvalue weighted by Crippen LogP contribution is 2.41. The van der Waals surface area contributed by atoms with E-state index in [1.165, 1.54) is 5.56 Å². The number of nitrogens with zero attached hydrogens (tertiary/aromatic N) is 3. The number of nitriles is 1. The highest BCUT2D eigenvalue weighted by Gasteiger charge is 2.50. The van der Waals surface area contributed by atoms with E-state index in [-0.39, 0.29) is 5.41 Å². The van der Waals surface area contributed by atoms with Crippen molar-refractivity contribution in [2.24, 2.45) is 5.41 Å². The van der Waals surface area contributed by atoms with Crippen LogP contribution >= 0.6 is 0 Å². The van der Waals surface area contributed by atoms with Gasteiger partial charge in [-0.05, 0) is 43.0 Å². The van der Waals surface area contributed by atoms with Crippen molar-refractivity contribution in [3.8, 4) is 6.07 Å². The zero-order valence-corrected chi connectivity index (χ0v) is 14.9. The molecule has 1 aromatic heterocycles. The molecule has 2 fully saturated rings. The Balaban J connectivity index is 1.34. The maximum atomic E-state index is 13.0. The minimum absolute atomic E-state index is 0.189. The molecule has 1 N–H and O–H groups in total. The summed E-state index contributed by atoms with van der Waals surface area (Å²) in [5.41, 5.74) is 2.81. The van der Waals surface area contributed by atoms with Gasteiger partial charge < -0.3 is 9.88 Å². The predicted molar refractivity (Wildman–Crippen MR) is 99.2 cm³/mol. The topological polar surface area (TPSA) is 63.1 Å². The van der Waals surface area contributed by atoms with Crippen LogP contribution in [-0.4, -0.2) is 46.9 Å². The lowest BCUT2D eigenvalue weighted by atomic mass is 9.85. The number of benzene rings is 1. The second kappa shape index (κ2) is 6.97. The van der Waals surface area contributed by atoms with Crippen LogP contribution in [0.1, 0.15) is 29.7 Å². The molecule has 1 spiro atoms. The van der Waals surface area contributed by atoms with Crippen LogP contribution in [0.4, 0.5) is 0 Å². The Labute approximate surface area is 154 Å². The highest BCUT2D eigenvalue weighted by atomic mass is 16.2. The van der Waals surface area contributed by atoms with Crippen molar-refractivity contribution in [3.05, 3.63) is 59.4 Å². The Morgan fingerprint density at radius 1 is 1.15 bits per heavy atom. The van der Waals surface area contributed by atoms with Gasteiger partial charge in [-0.3, -0.25) is 9.69 Å². The summed E-state index contributed by atoms with van der Waals surface area (Å²) < 4.78 is 0. The average molecular weight is 348 g/mol. The summed E-state index contributed by atoms with van der Waals surface area (Å²) in [6, 6.07) is 14.4. The molecule has 1 unspecified atom stereocenters. The first kappa shape index (κ1) is 16.9. The van der Waals surface area contributed by atoms with Gasteiger partial charge >= 0.3 is 0 Å². The molecule has 2 aliphatic heterocycles. The number of hydrogen-bond donors (Lipinski definition) is 1. The average Bonchev–Trinajstić information content (AvgIpc) is 3.37. The molecule has 1 aromatic carbocycles. The lowest BCUT2D eigenvalue weighted by Gasteiger charge is -2.23. The van der Waals surface area contributed by atoms with E-state index in [0.717, 1.165) is 57.5 Å². The van der Waals surface area contributed by atoms with Crippen LogP contribution in [0.3, 0.4) is 0 Å². The van der Waals surface area contributed by atoms with Crippen molar-refractivity contribution in [1.82, 2.24) is 14.8 Å². The van der Waals surface area contributed by atoms with Crippen LogP contribution in [0.5, 0.6) is 0 Å². The minimum Gasteiger partial charge on any atom is -0.353 e. The molecule has 2 saturated heterocycles. The lowest BCUT2D eigenvalue weighted by Crippen LogP contribution is -2.37. The Morgan fingerprint density at radius 3 is 2.73 bits per heavy atom. The lowest BCUT2D eigenvalue weighted by molar-refractivity contribution is -0.135. The van der Waals surface area contributed by atoms with Crippen LogP contribution < -0.4 is 0 Å². The van der Waals surface area contributed by atoms with Gasteiger partial charge in [-0.15, -0.1) is 0 Å². The first-order valence-corrected chi connectivity index (χ1v) is 9.32. The van der Waals surface area contributed by atoms with Crippen molar-refractivity contribution in [2.75, 3.05) is 26.2 Å². The molecule has 0 radical (unpaired) electrons. The van der Waals surface area contributed by atoms with E-state index in [1.807, 2.05) is 18.3 Å². The maximum Gasteiger partial charge on any atom is 0.230 e. The third-order valence-corrected chi connectivity index (χ3v) is 5.82. The molecule has 1 amide bonds. The van der Waals surface area contributed by atoms with Gasteiger partial charge in [0.05, 0.1) is 5.41 Å². The number of likely N-dealkylation sites (tertiary alicyclic amines) is 2. The fourth-order valence-corrected chi connectivity index (χ4v) is 4.34. The summed E-state index contributed by atoms with van der Waals surface area (Å²) in [7, 11) is 0. The summed E-state index contributed by atoms with van der Waals surface area (Å²) in [5, 5.41) is 8.93. The third kappa shape index (κ3) is 3.25. The fraction of sp³-hybridized carbons (Fsp3) is 0.429. The number of rotatable bonds is 5. The van der Waals surface area contributed by atoms with E-state index in [2.05, 4.69) is 45.1 Å². The standard InChI is InChI=1S/C21H24N4O/c22-13-19-12-18(14-23-19)15-24-10-7-21(16-24)8-11-25(20(21)26)9-6-17-4-2-1-3-5-17/h1-5,12,14,23H,6-11,15-16H2. The van der Waals surface area contributed by atoms with E-state index in [4.69, 9.17) is 5.26 Å². The van der Waals surface area contributed by atoms with E-state index < -0.39 is 0 Å². The fourth-order valence-electron chi connectivity index (χ4n) is 4.34. The maximum absolute atomic E-state index is 13.0. The van der Waals surface area contributed by atoms with Gasteiger partial charge in [-0.25, -0.2) is 0 Å². The summed E-state index contributed by atoms with van der Waals surface area (Å²) in [5.74, 6) is 0.336. The number of hydrogen-bond acceptors (Lipinski definition) is 3. The highest BCUT2D eigenvalue weighted by molar-refractivity contribution is 5.85. The summed E-state index contributed by atoms with van der Waals surface area (Å²) in [6.45, 7) is 4.28. The molecule has 0 saturated carbocycles. The first-order valence-electron chi connectivity index (χ1n) is 9.32. The number of carbonyl (C=O) groups excluding carboxylic acids is 1. The van der Waals surface area contributed by atoms with Crippen LogP contribution in [-0.2, 0) is 17.8 Å². The van der Waals surface area contributed by atoms with Crippen molar-refractivity contribution in [1.29, 1.82) is 5.26 Å². The second-order valence-electron chi connectivity index (χ2n) is 7.55. The van der Waals surface area contributed by atoms with Crippen molar-refractivity contribution in [3.63, 3.8) is 0 Å². The zero-order chi connectivity index (χ0) is 18.0. The molecule has 3 heterocycles. The van der Waals surface area contributed by atoms with Gasteiger partial charge in [0.25, 0.3) is 0 Å². The van der Waals surface area contributed by atoms with E-state index in [9.17, 15) is 4.79 Å². The van der Waals surface area contributed by atoms with Gasteiger partial charge in [0, 0.05) is 32.4 Å². The molecule has 2 aliphatic rings. The molecule has 134 valence electrons. The van der Waals surface area contributed by atoms with Crippen LogP contribution in [0, 0.1) is 16.7 Å². The van der Waals surface area contributed by atoms with Crippen LogP contribution in [0.15, 0.2) is 42.6 Å². The molecule has 0 aliphatic carbocycles. The van der Waals surface area contributed by atoms with Gasteiger partial charge in [0.2, 0.25) is 5.91 Å². The summed E-state index contributed by atoms with van der Waals surface area (Å²) in [4.78, 5) is 20.4. The number of H-pyrrole nitrogens is 1. The van der Waals surface area contributed by atoms with Crippen molar-refractivity contribution >= 4 is 5.91 Å². The molecule has 5 nitrogen and oxygen atoms in total. The van der Waals surface area contributed by atoms with Crippen molar-refractivity contribution < 1.29 is 4.79 Å². The largest absolute Gasteiger partial charge is 0.353 e. The van der Waals surface area contributed by atoms with Crippen molar-refractivity contribution in [2.45, 2.75) is 25.8 Å². The van der Waals surface area contributed by atoms with Crippen LogP contribution in [0.25, 0.3) is 0 Å². The normalized spacial score (nSPS) is 23.0. The quantitative estimate of drug-likeness (QED) is 0.903. The monoisotopic (exact) mass is 348 g/mol. The number of aromatic nitrogens is 1. The first-order chi connectivity index (χ1) is 12.7. The van der Waals surface area contributed by atoms with E-state index in [0.29, 0.717) is 11.6 Å². The summed E-state index contributed by atoms with van der Waals surface area (Å²) >= 11 is 0. The Morgan fingerprint density at radius 2 is 1.96 bits per heavy atom. The number of carbonyl (C=O) groups is 1. The van der Waals surface area contributed by atoms with Gasteiger partial charge in [0.1, 0.15) is 11.8 Å². The SMILES string of the molecule is N#Cc1cc(CN2CCC3(CCN(CCc4ccccc4)C3=O)C2)c[nH]1. The smallest absolute Gasteiger partial charge is 0.230 e. The molecular formula is C21H24N4O. The van der Waals surface area contributed by atoms with E-state index >= 15 is 0 Å². The Kier molecular flexibility index (Phi) is 4.52. The molecular weight excluding hydrogens is 324 g/mol. The number of amides is 1. The van der Waals surface area contributed by atoms with Crippen LogP contribution in [0.2, 0.25) is 0 Å². The van der Waals surface area contributed by atoms with E-state index in [1.54, 1.807) is 0 Å². The molecule has 2 aromatic rings. The predicted octanol–water partition coefficient (Wildman–Crippen LogP) is 2.55.